The van der Waals surface area contributed by atoms with E-state index in [4.69, 9.17) is 0 Å². The first-order valence-corrected chi connectivity index (χ1v) is 5.07. The highest BCUT2D eigenvalue weighted by molar-refractivity contribution is 4.86. The fourth-order valence-corrected chi connectivity index (χ4v) is 2.29. The fourth-order valence-electron chi connectivity index (χ4n) is 2.29. The predicted molar refractivity (Wildman–Crippen MR) is 53.3 cm³/mol. The number of nitrogens with zero attached hydrogens (tertiary/aromatic N) is 1. The summed E-state index contributed by atoms with van der Waals surface area (Å²) in [6.45, 7) is 9.39. The SMILES string of the molecule is CNCC1CCN(C(C)C)C1C. The first-order valence-electron chi connectivity index (χ1n) is 5.07. The van der Waals surface area contributed by atoms with Crippen molar-refractivity contribution in [3.63, 3.8) is 0 Å². The largest absolute Gasteiger partial charge is 0.319 e. The average molecular weight is 170 g/mol. The zero-order chi connectivity index (χ0) is 9.14. The van der Waals surface area contributed by atoms with Crippen molar-refractivity contribution in [2.75, 3.05) is 20.1 Å². The third-order valence-corrected chi connectivity index (χ3v) is 3.09. The fraction of sp³-hybridized carbons (Fsp3) is 1.00. The quantitative estimate of drug-likeness (QED) is 0.687. The lowest BCUT2D eigenvalue weighted by Gasteiger charge is -2.28. The van der Waals surface area contributed by atoms with Gasteiger partial charge in [0.15, 0.2) is 0 Å². The van der Waals surface area contributed by atoms with Crippen molar-refractivity contribution in [1.29, 1.82) is 0 Å². The number of nitrogens with one attached hydrogen (secondary N) is 1. The van der Waals surface area contributed by atoms with Crippen molar-refractivity contribution in [3.05, 3.63) is 0 Å². The van der Waals surface area contributed by atoms with Crippen LogP contribution in [0.1, 0.15) is 27.2 Å². The Bertz CT molecular complexity index is 134. The number of hydrogen-bond donors (Lipinski definition) is 1. The van der Waals surface area contributed by atoms with Crippen molar-refractivity contribution in [3.8, 4) is 0 Å². The molecule has 1 N–H and O–H groups in total. The van der Waals surface area contributed by atoms with Gasteiger partial charge in [-0.05, 0) is 53.2 Å². The summed E-state index contributed by atoms with van der Waals surface area (Å²) in [6, 6.07) is 1.47. The highest BCUT2D eigenvalue weighted by Crippen LogP contribution is 2.25. The number of likely N-dealkylation sites (tertiary alicyclic amines) is 1. The minimum Gasteiger partial charge on any atom is -0.319 e. The van der Waals surface area contributed by atoms with E-state index in [0.29, 0.717) is 6.04 Å². The van der Waals surface area contributed by atoms with E-state index in [1.165, 1.54) is 19.5 Å². The summed E-state index contributed by atoms with van der Waals surface area (Å²) < 4.78 is 0. The van der Waals surface area contributed by atoms with Crippen molar-refractivity contribution in [2.24, 2.45) is 5.92 Å². The molecule has 0 aromatic carbocycles. The van der Waals surface area contributed by atoms with Crippen molar-refractivity contribution in [2.45, 2.75) is 39.3 Å². The van der Waals surface area contributed by atoms with Gasteiger partial charge in [-0.2, -0.15) is 0 Å². The van der Waals surface area contributed by atoms with Crippen LogP contribution in [0.5, 0.6) is 0 Å². The molecule has 2 nitrogen and oxygen atoms in total. The minimum absolute atomic E-state index is 0.710. The molecule has 1 aliphatic rings. The first kappa shape index (κ1) is 10.0. The van der Waals surface area contributed by atoms with E-state index in [9.17, 15) is 0 Å². The first-order chi connectivity index (χ1) is 5.66. The average Bonchev–Trinajstić information content (AvgIpc) is 2.34. The standard InChI is InChI=1S/C10H22N2/c1-8(2)12-6-5-10(7-11-4)9(12)3/h8-11H,5-7H2,1-4H3. The van der Waals surface area contributed by atoms with E-state index < -0.39 is 0 Å². The summed E-state index contributed by atoms with van der Waals surface area (Å²) in [4.78, 5) is 2.60. The number of rotatable bonds is 3. The lowest BCUT2D eigenvalue weighted by molar-refractivity contribution is 0.195. The summed E-state index contributed by atoms with van der Waals surface area (Å²) in [6.07, 6.45) is 1.36. The molecule has 12 heavy (non-hydrogen) atoms. The Labute approximate surface area is 76.3 Å². The van der Waals surface area contributed by atoms with Gasteiger partial charge in [0.1, 0.15) is 0 Å². The summed E-state index contributed by atoms with van der Waals surface area (Å²) in [5, 5.41) is 3.27. The van der Waals surface area contributed by atoms with Gasteiger partial charge in [-0.15, -0.1) is 0 Å². The van der Waals surface area contributed by atoms with Crippen LogP contribution in [-0.4, -0.2) is 37.1 Å². The Hall–Kier alpha value is -0.0800. The van der Waals surface area contributed by atoms with Crippen LogP contribution in [0, 0.1) is 5.92 Å². The molecule has 2 unspecified atom stereocenters. The Balaban J connectivity index is 2.43. The van der Waals surface area contributed by atoms with Gasteiger partial charge in [0.25, 0.3) is 0 Å². The summed E-state index contributed by atoms with van der Waals surface area (Å²) in [5.74, 6) is 0.859. The highest BCUT2D eigenvalue weighted by Gasteiger charge is 2.31. The summed E-state index contributed by atoms with van der Waals surface area (Å²) in [7, 11) is 2.05. The minimum atomic E-state index is 0.710. The van der Waals surface area contributed by atoms with Crippen LogP contribution >= 0.6 is 0 Å². The van der Waals surface area contributed by atoms with Gasteiger partial charge in [0.05, 0.1) is 0 Å². The van der Waals surface area contributed by atoms with Gasteiger partial charge in [0, 0.05) is 12.1 Å². The molecular formula is C10H22N2. The predicted octanol–water partition coefficient (Wildman–Crippen LogP) is 1.32. The zero-order valence-electron chi connectivity index (χ0n) is 8.80. The van der Waals surface area contributed by atoms with Crippen LogP contribution in [0.25, 0.3) is 0 Å². The normalized spacial score (nSPS) is 31.8. The molecule has 0 aromatic rings. The van der Waals surface area contributed by atoms with E-state index in [0.717, 1.165) is 12.0 Å². The second-order valence-electron chi connectivity index (χ2n) is 4.18. The molecule has 1 fully saturated rings. The lowest BCUT2D eigenvalue weighted by atomic mass is 10.0. The summed E-state index contributed by atoms with van der Waals surface area (Å²) >= 11 is 0. The van der Waals surface area contributed by atoms with Gasteiger partial charge in [-0.1, -0.05) is 0 Å². The van der Waals surface area contributed by atoms with Crippen molar-refractivity contribution >= 4 is 0 Å². The molecule has 0 spiro atoms. The van der Waals surface area contributed by atoms with Gasteiger partial charge in [-0.25, -0.2) is 0 Å². The van der Waals surface area contributed by atoms with Crippen LogP contribution < -0.4 is 5.32 Å². The second-order valence-corrected chi connectivity index (χ2v) is 4.18. The van der Waals surface area contributed by atoms with Crippen LogP contribution in [0.2, 0.25) is 0 Å². The molecule has 1 saturated heterocycles. The van der Waals surface area contributed by atoms with E-state index in [1.54, 1.807) is 0 Å². The Kier molecular flexibility index (Phi) is 3.53. The van der Waals surface area contributed by atoms with Gasteiger partial charge >= 0.3 is 0 Å². The van der Waals surface area contributed by atoms with Gasteiger partial charge in [-0.3, -0.25) is 4.90 Å². The van der Waals surface area contributed by atoms with E-state index in [-0.39, 0.29) is 0 Å². The lowest BCUT2D eigenvalue weighted by Crippen LogP contribution is -2.37. The van der Waals surface area contributed by atoms with Crippen molar-refractivity contribution < 1.29 is 0 Å². The Morgan fingerprint density at radius 2 is 2.17 bits per heavy atom. The van der Waals surface area contributed by atoms with Crippen LogP contribution in [0.4, 0.5) is 0 Å². The summed E-state index contributed by atoms with van der Waals surface area (Å²) in [5.41, 5.74) is 0. The maximum Gasteiger partial charge on any atom is 0.0110 e. The molecular weight excluding hydrogens is 148 g/mol. The molecule has 0 saturated carbocycles. The molecule has 2 atom stereocenters. The molecule has 0 aliphatic carbocycles. The molecule has 1 rings (SSSR count). The molecule has 72 valence electrons. The maximum atomic E-state index is 3.27. The Morgan fingerprint density at radius 1 is 1.50 bits per heavy atom. The zero-order valence-corrected chi connectivity index (χ0v) is 8.80. The topological polar surface area (TPSA) is 15.3 Å². The molecule has 1 heterocycles. The smallest absolute Gasteiger partial charge is 0.0110 e. The van der Waals surface area contributed by atoms with Gasteiger partial charge in [0.2, 0.25) is 0 Å². The number of hydrogen-bond acceptors (Lipinski definition) is 2. The van der Waals surface area contributed by atoms with Crippen LogP contribution in [-0.2, 0) is 0 Å². The van der Waals surface area contributed by atoms with E-state index in [1.807, 2.05) is 7.05 Å². The Morgan fingerprint density at radius 3 is 2.58 bits per heavy atom. The molecule has 2 heteroatoms. The van der Waals surface area contributed by atoms with Crippen LogP contribution in [0.15, 0.2) is 0 Å². The molecule has 0 radical (unpaired) electrons. The van der Waals surface area contributed by atoms with Gasteiger partial charge < -0.3 is 5.32 Å². The second kappa shape index (κ2) is 4.24. The third-order valence-electron chi connectivity index (χ3n) is 3.09. The monoisotopic (exact) mass is 170 g/mol. The molecule has 0 bridgehead atoms. The maximum absolute atomic E-state index is 3.27. The van der Waals surface area contributed by atoms with Crippen LogP contribution in [0.3, 0.4) is 0 Å². The van der Waals surface area contributed by atoms with E-state index >= 15 is 0 Å². The third kappa shape index (κ3) is 1.99. The van der Waals surface area contributed by atoms with Crippen molar-refractivity contribution in [1.82, 2.24) is 10.2 Å². The molecule has 1 aliphatic heterocycles. The van der Waals surface area contributed by atoms with E-state index in [2.05, 4.69) is 31.0 Å². The molecule has 0 aromatic heterocycles. The molecule has 0 amide bonds. The highest BCUT2D eigenvalue weighted by atomic mass is 15.2.